The zero-order valence-corrected chi connectivity index (χ0v) is 15.1. The van der Waals surface area contributed by atoms with Crippen LogP contribution in [0, 0.1) is 0 Å². The molecule has 1 aromatic heterocycles. The van der Waals surface area contributed by atoms with E-state index in [-0.39, 0.29) is 0 Å². The van der Waals surface area contributed by atoms with Crippen molar-refractivity contribution in [2.45, 2.75) is 26.3 Å². The van der Waals surface area contributed by atoms with E-state index in [2.05, 4.69) is 33.3 Å². The summed E-state index contributed by atoms with van der Waals surface area (Å²) in [6, 6.07) is 1.93. The van der Waals surface area contributed by atoms with Crippen LogP contribution in [0.15, 0.2) is 33.5 Å². The highest BCUT2D eigenvalue weighted by molar-refractivity contribution is 5.80. The van der Waals surface area contributed by atoms with Gasteiger partial charge in [0.05, 0.1) is 18.9 Å². The van der Waals surface area contributed by atoms with Crippen molar-refractivity contribution >= 4 is 5.96 Å². The van der Waals surface area contributed by atoms with Gasteiger partial charge in [0.15, 0.2) is 5.96 Å². The molecule has 0 amide bonds. The molecule has 138 valence electrons. The molecule has 7 heteroatoms. The predicted octanol–water partition coefficient (Wildman–Crippen LogP) is 1.49. The maximum Gasteiger partial charge on any atom is 0.194 e. The zero-order chi connectivity index (χ0) is 17.3. The minimum absolute atomic E-state index is 0.757. The zero-order valence-electron chi connectivity index (χ0n) is 15.1. The van der Waals surface area contributed by atoms with E-state index in [0.29, 0.717) is 0 Å². The molecule has 0 aliphatic carbocycles. The van der Waals surface area contributed by atoms with Gasteiger partial charge in [0.2, 0.25) is 0 Å². The van der Waals surface area contributed by atoms with Crippen LogP contribution in [0.25, 0.3) is 0 Å². The van der Waals surface area contributed by atoms with Crippen molar-refractivity contribution in [3.05, 3.63) is 29.7 Å². The topological polar surface area (TPSA) is 66.1 Å². The quantitative estimate of drug-likeness (QED) is 0.478. The molecule has 0 saturated carbocycles. The maximum absolute atomic E-state index is 5.36. The Morgan fingerprint density at radius 1 is 1.32 bits per heavy atom. The molecule has 0 unspecified atom stereocenters. The summed E-state index contributed by atoms with van der Waals surface area (Å²) in [4.78, 5) is 9.61. The van der Waals surface area contributed by atoms with Crippen molar-refractivity contribution in [2.24, 2.45) is 4.99 Å². The van der Waals surface area contributed by atoms with Gasteiger partial charge >= 0.3 is 0 Å². The number of rotatable bonds is 6. The molecule has 0 bridgehead atoms. The van der Waals surface area contributed by atoms with Gasteiger partial charge in [-0.3, -0.25) is 9.89 Å². The van der Waals surface area contributed by atoms with Gasteiger partial charge in [0.25, 0.3) is 0 Å². The molecule has 0 spiro atoms. The van der Waals surface area contributed by atoms with E-state index in [1.807, 2.05) is 6.07 Å². The summed E-state index contributed by atoms with van der Waals surface area (Å²) in [6.45, 7) is 10.3. The number of hydrogen-bond donors (Lipinski definition) is 1. The third-order valence-corrected chi connectivity index (χ3v) is 4.64. The summed E-state index contributed by atoms with van der Waals surface area (Å²) in [5, 5.41) is 7.43. The third kappa shape index (κ3) is 5.57. The molecule has 1 saturated heterocycles. The normalized spacial score (nSPS) is 19.8. The molecule has 0 radical (unpaired) electrons. The van der Waals surface area contributed by atoms with Crippen molar-refractivity contribution < 1.29 is 9.26 Å². The first-order valence-corrected chi connectivity index (χ1v) is 9.25. The number of nitrogens with zero attached hydrogens (tertiary/aromatic N) is 4. The predicted molar refractivity (Wildman–Crippen MR) is 97.5 cm³/mol. The van der Waals surface area contributed by atoms with Gasteiger partial charge in [-0.1, -0.05) is 16.8 Å². The van der Waals surface area contributed by atoms with Gasteiger partial charge in [-0.05, 0) is 19.8 Å². The van der Waals surface area contributed by atoms with Crippen LogP contribution >= 0.6 is 0 Å². The van der Waals surface area contributed by atoms with E-state index >= 15 is 0 Å². The Balaban J connectivity index is 1.47. The van der Waals surface area contributed by atoms with Crippen LogP contribution in [-0.2, 0) is 11.3 Å². The highest BCUT2D eigenvalue weighted by atomic mass is 16.5. The average Bonchev–Trinajstić information content (AvgIpc) is 3.16. The van der Waals surface area contributed by atoms with E-state index in [1.54, 1.807) is 6.26 Å². The fraction of sp³-hybridized carbons (Fsp3) is 0.667. The van der Waals surface area contributed by atoms with Crippen molar-refractivity contribution in [3.8, 4) is 0 Å². The Bertz CT molecular complexity index is 562. The van der Waals surface area contributed by atoms with Crippen LogP contribution in [0.3, 0.4) is 0 Å². The molecule has 2 aliphatic heterocycles. The molecule has 3 heterocycles. The van der Waals surface area contributed by atoms with Crippen LogP contribution in [0.2, 0.25) is 0 Å². The Labute approximate surface area is 149 Å². The summed E-state index contributed by atoms with van der Waals surface area (Å²) in [7, 11) is 0. The number of hydrogen-bond acceptors (Lipinski definition) is 5. The molecule has 3 rings (SSSR count). The fourth-order valence-corrected chi connectivity index (χ4v) is 3.19. The molecule has 1 N–H and O–H groups in total. The molecular weight excluding hydrogens is 318 g/mol. The van der Waals surface area contributed by atoms with Crippen LogP contribution in [0.4, 0.5) is 0 Å². The van der Waals surface area contributed by atoms with Crippen LogP contribution in [0.5, 0.6) is 0 Å². The number of guanidine groups is 1. The van der Waals surface area contributed by atoms with Gasteiger partial charge in [0, 0.05) is 51.9 Å². The Morgan fingerprint density at radius 3 is 2.88 bits per heavy atom. The van der Waals surface area contributed by atoms with E-state index in [1.165, 1.54) is 5.57 Å². The molecule has 0 atom stereocenters. The average molecular weight is 347 g/mol. The number of aromatic nitrogens is 1. The SMILES string of the molecule is CCNC(=NCCC1=CCOCC1)N1CCN(Cc2ccon2)CC1. The second kappa shape index (κ2) is 9.58. The third-order valence-electron chi connectivity index (χ3n) is 4.64. The molecule has 0 aromatic carbocycles. The second-order valence-corrected chi connectivity index (χ2v) is 6.43. The van der Waals surface area contributed by atoms with Crippen LogP contribution in [-0.4, -0.2) is 73.4 Å². The van der Waals surface area contributed by atoms with E-state index in [0.717, 1.165) is 83.5 Å². The lowest BCUT2D eigenvalue weighted by molar-refractivity contribution is 0.153. The Morgan fingerprint density at radius 2 is 2.20 bits per heavy atom. The van der Waals surface area contributed by atoms with Gasteiger partial charge in [-0.15, -0.1) is 0 Å². The van der Waals surface area contributed by atoms with Gasteiger partial charge in [0.1, 0.15) is 6.26 Å². The lowest BCUT2D eigenvalue weighted by Gasteiger charge is -2.36. The largest absolute Gasteiger partial charge is 0.377 e. The standard InChI is InChI=1S/C18H29N5O2/c1-2-19-18(20-7-3-16-4-12-24-13-5-16)23-10-8-22(9-11-23)15-17-6-14-25-21-17/h4,6,14H,2-3,5,7-13,15H2,1H3,(H,19,20). The van der Waals surface area contributed by atoms with Crippen LogP contribution < -0.4 is 5.32 Å². The van der Waals surface area contributed by atoms with Crippen LogP contribution in [0.1, 0.15) is 25.5 Å². The highest BCUT2D eigenvalue weighted by Gasteiger charge is 2.20. The van der Waals surface area contributed by atoms with E-state index in [4.69, 9.17) is 14.3 Å². The Hall–Kier alpha value is -1.86. The van der Waals surface area contributed by atoms with Crippen molar-refractivity contribution in [3.63, 3.8) is 0 Å². The molecule has 1 fully saturated rings. The first-order chi connectivity index (χ1) is 12.3. The smallest absolute Gasteiger partial charge is 0.194 e. The number of aliphatic imine (C=N–C) groups is 1. The van der Waals surface area contributed by atoms with Crippen molar-refractivity contribution in [1.29, 1.82) is 0 Å². The summed E-state index contributed by atoms with van der Waals surface area (Å²) in [5.74, 6) is 1.04. The summed E-state index contributed by atoms with van der Waals surface area (Å²) in [5.41, 5.74) is 2.47. The highest BCUT2D eigenvalue weighted by Crippen LogP contribution is 2.12. The van der Waals surface area contributed by atoms with Gasteiger partial charge in [-0.2, -0.15) is 0 Å². The number of piperazine rings is 1. The van der Waals surface area contributed by atoms with Crippen molar-refractivity contribution in [1.82, 2.24) is 20.3 Å². The molecule has 7 nitrogen and oxygen atoms in total. The second-order valence-electron chi connectivity index (χ2n) is 6.43. The number of ether oxygens (including phenoxy) is 1. The lowest BCUT2D eigenvalue weighted by atomic mass is 10.1. The molecule has 1 aromatic rings. The summed E-state index contributed by atoms with van der Waals surface area (Å²) >= 11 is 0. The minimum Gasteiger partial charge on any atom is -0.377 e. The minimum atomic E-state index is 0.757. The van der Waals surface area contributed by atoms with Gasteiger partial charge < -0.3 is 19.5 Å². The Kier molecular flexibility index (Phi) is 6.88. The first-order valence-electron chi connectivity index (χ1n) is 9.25. The molecular formula is C18H29N5O2. The number of nitrogens with one attached hydrogen (secondary N) is 1. The van der Waals surface area contributed by atoms with E-state index < -0.39 is 0 Å². The monoisotopic (exact) mass is 347 g/mol. The first kappa shape index (κ1) is 17.9. The molecule has 25 heavy (non-hydrogen) atoms. The summed E-state index contributed by atoms with van der Waals surface area (Å²) in [6.07, 6.45) is 5.92. The summed E-state index contributed by atoms with van der Waals surface area (Å²) < 4.78 is 10.3. The maximum atomic E-state index is 5.36. The van der Waals surface area contributed by atoms with Crippen molar-refractivity contribution in [2.75, 3.05) is 52.5 Å². The lowest BCUT2D eigenvalue weighted by Crippen LogP contribution is -2.52. The van der Waals surface area contributed by atoms with Gasteiger partial charge in [-0.25, -0.2) is 0 Å². The fourth-order valence-electron chi connectivity index (χ4n) is 3.19. The van der Waals surface area contributed by atoms with E-state index in [9.17, 15) is 0 Å². The molecule has 2 aliphatic rings.